The molecule has 0 bridgehead atoms. The minimum absolute atomic E-state index is 0.0920. The Morgan fingerprint density at radius 3 is 2.46 bits per heavy atom. The van der Waals surface area contributed by atoms with Gasteiger partial charge < -0.3 is 4.18 Å². The maximum Gasteiger partial charge on any atom is 0.339 e. The number of hydrogen-bond donors (Lipinski definition) is 1. The van der Waals surface area contributed by atoms with Crippen LogP contribution in [0.15, 0.2) is 88.9 Å². The van der Waals surface area contributed by atoms with Crippen molar-refractivity contribution in [2.45, 2.75) is 4.90 Å². The number of nitrogens with zero attached hydrogens (tertiary/aromatic N) is 2. The summed E-state index contributed by atoms with van der Waals surface area (Å²) in [7, 11) is -3.92. The van der Waals surface area contributed by atoms with Crippen LogP contribution >= 0.6 is 11.3 Å². The maximum atomic E-state index is 12.5. The smallest absolute Gasteiger partial charge is 0.339 e. The summed E-state index contributed by atoms with van der Waals surface area (Å²) in [4.78, 5) is 4.52. The first kappa shape index (κ1) is 18.1. The SMILES string of the molecule is O=S(=O)(Oc1ccccc1/C=N\Nc1nc2ccccc2s1)c1ccccc1. The zero-order valence-electron chi connectivity index (χ0n) is 14.5. The number of aromatic nitrogens is 1. The third-order valence-electron chi connectivity index (χ3n) is 3.81. The molecule has 0 aliphatic carbocycles. The topological polar surface area (TPSA) is 80.7 Å². The fourth-order valence-corrected chi connectivity index (χ4v) is 4.28. The average Bonchev–Trinajstić information content (AvgIpc) is 3.12. The van der Waals surface area contributed by atoms with E-state index in [9.17, 15) is 8.42 Å². The van der Waals surface area contributed by atoms with Crippen molar-refractivity contribution in [3.8, 4) is 5.75 Å². The lowest BCUT2D eigenvalue weighted by Crippen LogP contribution is -2.10. The van der Waals surface area contributed by atoms with Crippen LogP contribution in [0, 0.1) is 0 Å². The van der Waals surface area contributed by atoms with E-state index in [-0.39, 0.29) is 10.6 Å². The monoisotopic (exact) mass is 409 g/mol. The fraction of sp³-hybridized carbons (Fsp3) is 0. The molecule has 0 saturated heterocycles. The van der Waals surface area contributed by atoms with Crippen LogP contribution in [-0.2, 0) is 10.1 Å². The number of anilines is 1. The molecule has 8 heteroatoms. The lowest BCUT2D eigenvalue weighted by molar-refractivity contribution is 0.485. The van der Waals surface area contributed by atoms with Crippen LogP contribution < -0.4 is 9.61 Å². The van der Waals surface area contributed by atoms with Crippen molar-refractivity contribution >= 4 is 43.0 Å². The molecule has 28 heavy (non-hydrogen) atoms. The van der Waals surface area contributed by atoms with Crippen LogP contribution in [-0.4, -0.2) is 19.6 Å². The number of rotatable bonds is 6. The molecule has 1 heterocycles. The fourth-order valence-electron chi connectivity index (χ4n) is 2.49. The second kappa shape index (κ2) is 7.79. The summed E-state index contributed by atoms with van der Waals surface area (Å²) in [5.74, 6) is 0.196. The standard InChI is InChI=1S/C20H15N3O3S2/c24-28(25,16-9-2-1-3-10-16)26-18-12-6-4-8-15(18)14-21-23-20-22-17-11-5-7-13-19(17)27-20/h1-14H,(H,22,23)/b21-14-. The van der Waals surface area contributed by atoms with Crippen molar-refractivity contribution in [1.29, 1.82) is 0 Å². The predicted molar refractivity (Wildman–Crippen MR) is 112 cm³/mol. The molecule has 0 aliphatic rings. The van der Waals surface area contributed by atoms with E-state index in [0.29, 0.717) is 10.7 Å². The van der Waals surface area contributed by atoms with E-state index in [0.717, 1.165) is 10.2 Å². The Balaban J connectivity index is 1.53. The highest BCUT2D eigenvalue weighted by atomic mass is 32.2. The Morgan fingerprint density at radius 1 is 0.929 bits per heavy atom. The third kappa shape index (κ3) is 4.03. The minimum atomic E-state index is -3.92. The Hall–Kier alpha value is -3.23. The molecule has 0 spiro atoms. The Kier molecular flexibility index (Phi) is 5.05. The van der Waals surface area contributed by atoms with Gasteiger partial charge in [0.1, 0.15) is 4.90 Å². The number of fused-ring (bicyclic) bond motifs is 1. The van der Waals surface area contributed by atoms with Crippen LogP contribution in [0.2, 0.25) is 0 Å². The molecule has 1 N–H and O–H groups in total. The van der Waals surface area contributed by atoms with Gasteiger partial charge in [-0.2, -0.15) is 13.5 Å². The first-order valence-corrected chi connectivity index (χ1v) is 10.6. The summed E-state index contributed by atoms with van der Waals surface area (Å²) in [6.07, 6.45) is 1.50. The van der Waals surface area contributed by atoms with Crippen molar-refractivity contribution in [2.24, 2.45) is 5.10 Å². The Bertz CT molecular complexity index is 1200. The van der Waals surface area contributed by atoms with Crippen LogP contribution in [0.3, 0.4) is 0 Å². The Labute approximate surface area is 166 Å². The summed E-state index contributed by atoms with van der Waals surface area (Å²) < 4.78 is 31.3. The normalized spacial score (nSPS) is 11.7. The van der Waals surface area contributed by atoms with Crippen molar-refractivity contribution in [3.63, 3.8) is 0 Å². The second-order valence-electron chi connectivity index (χ2n) is 5.75. The van der Waals surface area contributed by atoms with Gasteiger partial charge in [-0.3, -0.25) is 5.43 Å². The van der Waals surface area contributed by atoms with Gasteiger partial charge in [0, 0.05) is 5.56 Å². The van der Waals surface area contributed by atoms with Gasteiger partial charge in [0.15, 0.2) is 5.75 Å². The van der Waals surface area contributed by atoms with E-state index in [1.54, 1.807) is 42.5 Å². The first-order valence-electron chi connectivity index (χ1n) is 8.35. The van der Waals surface area contributed by atoms with Gasteiger partial charge in [-0.1, -0.05) is 53.8 Å². The summed E-state index contributed by atoms with van der Waals surface area (Å²) in [5, 5.41) is 4.81. The highest BCUT2D eigenvalue weighted by molar-refractivity contribution is 7.87. The van der Waals surface area contributed by atoms with Gasteiger partial charge in [0.05, 0.1) is 16.4 Å². The summed E-state index contributed by atoms with van der Waals surface area (Å²) >= 11 is 1.48. The highest BCUT2D eigenvalue weighted by Gasteiger charge is 2.17. The summed E-state index contributed by atoms with van der Waals surface area (Å²) in [5.41, 5.74) is 4.29. The molecular weight excluding hydrogens is 394 g/mol. The molecule has 0 amide bonds. The number of benzene rings is 3. The molecule has 4 rings (SSSR count). The largest absolute Gasteiger partial charge is 0.378 e. The molecule has 0 saturated carbocycles. The minimum Gasteiger partial charge on any atom is -0.378 e. The molecule has 0 fully saturated rings. The van der Waals surface area contributed by atoms with Gasteiger partial charge in [0.2, 0.25) is 5.13 Å². The van der Waals surface area contributed by atoms with Gasteiger partial charge >= 0.3 is 10.1 Å². The van der Waals surface area contributed by atoms with Gasteiger partial charge in [-0.15, -0.1) is 0 Å². The van der Waals surface area contributed by atoms with E-state index >= 15 is 0 Å². The van der Waals surface area contributed by atoms with E-state index in [1.165, 1.54) is 29.7 Å². The van der Waals surface area contributed by atoms with E-state index in [4.69, 9.17) is 4.18 Å². The van der Waals surface area contributed by atoms with Gasteiger partial charge in [-0.05, 0) is 36.4 Å². The van der Waals surface area contributed by atoms with Crippen LogP contribution in [0.1, 0.15) is 5.56 Å². The molecule has 140 valence electrons. The van der Waals surface area contributed by atoms with E-state index in [1.807, 2.05) is 24.3 Å². The van der Waals surface area contributed by atoms with Crippen LogP contribution in [0.25, 0.3) is 10.2 Å². The van der Waals surface area contributed by atoms with Crippen LogP contribution in [0.5, 0.6) is 5.75 Å². The van der Waals surface area contributed by atoms with Crippen molar-refractivity contribution in [1.82, 2.24) is 4.98 Å². The Morgan fingerprint density at radius 2 is 1.64 bits per heavy atom. The molecule has 0 atom stereocenters. The molecule has 0 unspecified atom stereocenters. The maximum absolute atomic E-state index is 12.5. The number of hydrogen-bond acceptors (Lipinski definition) is 7. The molecule has 1 aromatic heterocycles. The molecule has 3 aromatic carbocycles. The second-order valence-corrected chi connectivity index (χ2v) is 8.32. The van der Waals surface area contributed by atoms with E-state index in [2.05, 4.69) is 15.5 Å². The first-order chi connectivity index (χ1) is 13.6. The van der Waals surface area contributed by atoms with Crippen LogP contribution in [0.4, 0.5) is 5.13 Å². The quantitative estimate of drug-likeness (QED) is 0.288. The number of thiazole rings is 1. The summed E-state index contributed by atoms with van der Waals surface area (Å²) in [6, 6.07) is 22.6. The number of hydrazone groups is 1. The zero-order chi connectivity index (χ0) is 19.4. The molecule has 0 aliphatic heterocycles. The number of para-hydroxylation sites is 2. The number of nitrogens with one attached hydrogen (secondary N) is 1. The third-order valence-corrected chi connectivity index (χ3v) is 6.00. The zero-order valence-corrected chi connectivity index (χ0v) is 16.2. The highest BCUT2D eigenvalue weighted by Crippen LogP contribution is 2.25. The molecule has 4 aromatic rings. The lowest BCUT2D eigenvalue weighted by atomic mass is 10.2. The predicted octanol–water partition coefficient (Wildman–Crippen LogP) is 4.51. The average molecular weight is 409 g/mol. The lowest BCUT2D eigenvalue weighted by Gasteiger charge is -2.09. The van der Waals surface area contributed by atoms with Crippen molar-refractivity contribution < 1.29 is 12.6 Å². The summed E-state index contributed by atoms with van der Waals surface area (Å²) in [6.45, 7) is 0. The van der Waals surface area contributed by atoms with Crippen molar-refractivity contribution in [2.75, 3.05) is 5.43 Å². The molecular formula is C20H15N3O3S2. The molecule has 6 nitrogen and oxygen atoms in total. The van der Waals surface area contributed by atoms with Gasteiger partial charge in [-0.25, -0.2) is 4.98 Å². The van der Waals surface area contributed by atoms with Crippen molar-refractivity contribution in [3.05, 3.63) is 84.4 Å². The van der Waals surface area contributed by atoms with Gasteiger partial charge in [0.25, 0.3) is 0 Å². The molecule has 0 radical (unpaired) electrons. The van der Waals surface area contributed by atoms with E-state index < -0.39 is 10.1 Å².